The van der Waals surface area contributed by atoms with E-state index in [4.69, 9.17) is 28.7 Å². The summed E-state index contributed by atoms with van der Waals surface area (Å²) in [5, 5.41) is 16.9. The van der Waals surface area contributed by atoms with E-state index in [1.54, 1.807) is 0 Å². The number of hydrogen-bond donors (Lipinski definition) is 9. The Kier molecular flexibility index (Phi) is 16.8. The number of carbonyl (C=O) groups is 4. The normalized spacial score (nSPS) is 14.2. The molecule has 3 amide bonds. The molecule has 35 heavy (non-hydrogen) atoms. The van der Waals surface area contributed by atoms with Gasteiger partial charge in [0.05, 0.1) is 6.04 Å². The third-order valence-corrected chi connectivity index (χ3v) is 5.20. The van der Waals surface area contributed by atoms with Crippen LogP contribution in [-0.2, 0) is 19.2 Å². The van der Waals surface area contributed by atoms with Gasteiger partial charge in [-0.25, -0.2) is 4.79 Å². The Morgan fingerprint density at radius 3 is 1.86 bits per heavy atom. The van der Waals surface area contributed by atoms with E-state index in [9.17, 15) is 24.3 Å². The first-order chi connectivity index (χ1) is 16.5. The Morgan fingerprint density at radius 2 is 1.31 bits per heavy atom. The molecule has 14 heteroatoms. The number of nitrogens with zero attached hydrogens (tertiary/aromatic N) is 1. The molecule has 14 N–H and O–H groups in total. The predicted molar refractivity (Wildman–Crippen MR) is 133 cm³/mol. The van der Waals surface area contributed by atoms with Crippen molar-refractivity contribution in [1.29, 1.82) is 0 Å². The number of aliphatic carboxylic acids is 1. The predicted octanol–water partition coefficient (Wildman–Crippen LogP) is -2.82. The molecule has 0 aliphatic rings. The molecule has 4 unspecified atom stereocenters. The van der Waals surface area contributed by atoms with Gasteiger partial charge in [-0.05, 0) is 65.0 Å². The molecule has 0 radical (unpaired) electrons. The molecule has 0 saturated carbocycles. The van der Waals surface area contributed by atoms with Crippen LogP contribution in [0, 0.1) is 0 Å². The summed E-state index contributed by atoms with van der Waals surface area (Å²) in [7, 11) is 0. The number of carboxylic acid groups (broad SMARTS) is 1. The van der Waals surface area contributed by atoms with Crippen LogP contribution in [0.2, 0.25) is 0 Å². The second kappa shape index (κ2) is 18.4. The molecule has 0 aromatic carbocycles. The fraction of sp³-hybridized carbons (Fsp3) is 0.762. The van der Waals surface area contributed by atoms with Gasteiger partial charge in [0.1, 0.15) is 18.1 Å². The van der Waals surface area contributed by atoms with Crippen LogP contribution in [0.1, 0.15) is 58.3 Å². The molecule has 0 aliphatic heterocycles. The summed E-state index contributed by atoms with van der Waals surface area (Å²) < 4.78 is 0. The quantitative estimate of drug-likeness (QED) is 0.0497. The molecule has 0 aromatic heterocycles. The lowest BCUT2D eigenvalue weighted by Gasteiger charge is -2.23. The number of aliphatic imine (C=N–C) groups is 1. The Hall–Kier alpha value is -2.97. The van der Waals surface area contributed by atoms with Crippen LogP contribution in [0.5, 0.6) is 0 Å². The third-order valence-electron chi connectivity index (χ3n) is 5.20. The molecule has 0 heterocycles. The van der Waals surface area contributed by atoms with Crippen LogP contribution in [0.3, 0.4) is 0 Å². The van der Waals surface area contributed by atoms with Crippen LogP contribution in [0.25, 0.3) is 0 Å². The van der Waals surface area contributed by atoms with Crippen molar-refractivity contribution in [2.75, 3.05) is 19.6 Å². The lowest BCUT2D eigenvalue weighted by atomic mass is 10.1. The molecule has 0 aromatic rings. The molecule has 14 nitrogen and oxygen atoms in total. The van der Waals surface area contributed by atoms with E-state index in [0.29, 0.717) is 45.2 Å². The van der Waals surface area contributed by atoms with E-state index in [1.165, 1.54) is 6.92 Å². The monoisotopic (exact) mass is 501 g/mol. The van der Waals surface area contributed by atoms with E-state index >= 15 is 0 Å². The lowest BCUT2D eigenvalue weighted by Crippen LogP contribution is -2.56. The van der Waals surface area contributed by atoms with Gasteiger partial charge in [0.15, 0.2) is 5.96 Å². The van der Waals surface area contributed by atoms with Gasteiger partial charge in [0.25, 0.3) is 0 Å². The van der Waals surface area contributed by atoms with Crippen molar-refractivity contribution in [3.05, 3.63) is 0 Å². The SMILES string of the molecule is CC(NC(=O)C(CCCN=C(N)N)NC(=O)C(N)CCCCN)C(=O)NC(CCCCN)C(=O)O. The van der Waals surface area contributed by atoms with Crippen molar-refractivity contribution in [2.45, 2.75) is 82.5 Å². The van der Waals surface area contributed by atoms with E-state index in [2.05, 4.69) is 20.9 Å². The molecule has 4 atom stereocenters. The number of rotatable bonds is 19. The number of amides is 3. The first-order valence-corrected chi connectivity index (χ1v) is 11.9. The second-order valence-electron chi connectivity index (χ2n) is 8.32. The number of unbranched alkanes of at least 4 members (excludes halogenated alkanes) is 2. The fourth-order valence-corrected chi connectivity index (χ4v) is 3.12. The summed E-state index contributed by atoms with van der Waals surface area (Å²) in [4.78, 5) is 53.1. The highest BCUT2D eigenvalue weighted by Gasteiger charge is 2.28. The highest BCUT2D eigenvalue weighted by molar-refractivity contribution is 5.93. The Bertz CT molecular complexity index is 701. The zero-order valence-corrected chi connectivity index (χ0v) is 20.5. The summed E-state index contributed by atoms with van der Waals surface area (Å²) in [6.45, 7) is 2.56. The van der Waals surface area contributed by atoms with Gasteiger partial charge >= 0.3 is 5.97 Å². The van der Waals surface area contributed by atoms with Crippen molar-refractivity contribution in [2.24, 2.45) is 33.7 Å². The molecule has 202 valence electrons. The Balaban J connectivity index is 5.11. The number of carboxylic acids is 1. The summed E-state index contributed by atoms with van der Waals surface area (Å²) in [5.74, 6) is -3.06. The van der Waals surface area contributed by atoms with Gasteiger partial charge in [0, 0.05) is 6.54 Å². The molecule has 0 aliphatic carbocycles. The zero-order valence-electron chi connectivity index (χ0n) is 20.5. The number of carbonyl (C=O) groups excluding carboxylic acids is 3. The number of nitrogens with two attached hydrogens (primary N) is 5. The van der Waals surface area contributed by atoms with Gasteiger partial charge in [0.2, 0.25) is 17.7 Å². The maximum atomic E-state index is 12.9. The third kappa shape index (κ3) is 14.8. The number of hydrogen-bond acceptors (Lipinski definition) is 8. The Morgan fingerprint density at radius 1 is 0.771 bits per heavy atom. The van der Waals surface area contributed by atoms with Gasteiger partial charge in [-0.1, -0.05) is 6.42 Å². The number of guanidine groups is 1. The van der Waals surface area contributed by atoms with E-state index in [0.717, 1.165) is 6.42 Å². The fourth-order valence-electron chi connectivity index (χ4n) is 3.12. The maximum Gasteiger partial charge on any atom is 0.326 e. The molecule has 0 rings (SSSR count). The van der Waals surface area contributed by atoms with E-state index in [-0.39, 0.29) is 25.3 Å². The number of nitrogens with one attached hydrogen (secondary N) is 3. The first-order valence-electron chi connectivity index (χ1n) is 11.9. The van der Waals surface area contributed by atoms with Crippen LogP contribution in [-0.4, -0.2) is 78.6 Å². The molecule has 0 saturated heterocycles. The summed E-state index contributed by atoms with van der Waals surface area (Å²) in [5.41, 5.74) is 27.4. The van der Waals surface area contributed by atoms with Gasteiger partial charge in [-0.3, -0.25) is 19.4 Å². The second-order valence-corrected chi connectivity index (χ2v) is 8.32. The van der Waals surface area contributed by atoms with E-state index in [1.807, 2.05) is 0 Å². The van der Waals surface area contributed by atoms with Crippen molar-refractivity contribution < 1.29 is 24.3 Å². The lowest BCUT2D eigenvalue weighted by molar-refractivity contribution is -0.142. The summed E-state index contributed by atoms with van der Waals surface area (Å²) in [6, 6.07) is -3.96. The topological polar surface area (TPSA) is 267 Å². The minimum Gasteiger partial charge on any atom is -0.480 e. The van der Waals surface area contributed by atoms with Gasteiger partial charge in [-0.2, -0.15) is 0 Å². The summed E-state index contributed by atoms with van der Waals surface area (Å²) >= 11 is 0. The largest absolute Gasteiger partial charge is 0.480 e. The molecule has 0 fully saturated rings. The van der Waals surface area contributed by atoms with Crippen LogP contribution < -0.4 is 44.6 Å². The van der Waals surface area contributed by atoms with Gasteiger partial charge in [-0.15, -0.1) is 0 Å². The van der Waals surface area contributed by atoms with Crippen molar-refractivity contribution in [3.63, 3.8) is 0 Å². The molecular formula is C21H43N9O5. The smallest absolute Gasteiger partial charge is 0.326 e. The van der Waals surface area contributed by atoms with Crippen LogP contribution in [0.4, 0.5) is 0 Å². The Labute approximate surface area is 206 Å². The van der Waals surface area contributed by atoms with Crippen molar-refractivity contribution in [3.8, 4) is 0 Å². The average Bonchev–Trinajstić information content (AvgIpc) is 2.79. The highest BCUT2D eigenvalue weighted by Crippen LogP contribution is 2.05. The standard InChI is InChI=1S/C21H43N9O5/c1-13(17(31)30-16(20(34)35)8-3-5-11-23)28-19(33)15(9-6-12-27-21(25)26)29-18(32)14(24)7-2-4-10-22/h13-16H,2-12,22-24H2,1H3,(H,28,33)(H,29,32)(H,30,31)(H,34,35)(H4,25,26,27). The molecule has 0 spiro atoms. The first kappa shape index (κ1) is 32.0. The van der Waals surface area contributed by atoms with Crippen molar-refractivity contribution in [1.82, 2.24) is 16.0 Å². The minimum atomic E-state index is -1.18. The highest BCUT2D eigenvalue weighted by atomic mass is 16.4. The maximum absolute atomic E-state index is 12.9. The molecule has 0 bridgehead atoms. The van der Waals surface area contributed by atoms with Crippen molar-refractivity contribution >= 4 is 29.7 Å². The van der Waals surface area contributed by atoms with E-state index < -0.39 is 47.9 Å². The average molecular weight is 502 g/mol. The van der Waals surface area contributed by atoms with Crippen LogP contribution >= 0.6 is 0 Å². The summed E-state index contributed by atoms with van der Waals surface area (Å²) in [6.07, 6.45) is 3.73. The minimum absolute atomic E-state index is 0.0956. The van der Waals surface area contributed by atoms with Crippen LogP contribution in [0.15, 0.2) is 4.99 Å². The molecular weight excluding hydrogens is 458 g/mol. The zero-order chi connectivity index (χ0) is 26.8. The van der Waals surface area contributed by atoms with Gasteiger partial charge < -0.3 is 49.7 Å².